The minimum atomic E-state index is -0.771. The third kappa shape index (κ3) is 5.72. The van der Waals surface area contributed by atoms with Crippen molar-refractivity contribution in [2.75, 3.05) is 21.3 Å². The van der Waals surface area contributed by atoms with Gasteiger partial charge in [0.25, 0.3) is 0 Å². The second-order valence-electron chi connectivity index (χ2n) is 7.87. The molecule has 0 aliphatic carbocycles. The third-order valence-electron chi connectivity index (χ3n) is 5.44. The second kappa shape index (κ2) is 11.4. The summed E-state index contributed by atoms with van der Waals surface area (Å²) in [6.45, 7) is 0.00336. The van der Waals surface area contributed by atoms with Crippen molar-refractivity contribution in [2.24, 2.45) is 0 Å². The molecule has 1 heterocycles. The first kappa shape index (κ1) is 26.1. The number of methoxy groups -OCH3 is 3. The molecule has 4 aromatic rings. The lowest BCUT2D eigenvalue weighted by Crippen LogP contribution is -2.01. The predicted octanol–water partition coefficient (Wildman–Crippen LogP) is 4.75. The van der Waals surface area contributed by atoms with E-state index in [0.29, 0.717) is 28.5 Å². The van der Waals surface area contributed by atoms with Crippen LogP contribution in [0.1, 0.15) is 21.6 Å². The Labute approximate surface area is 216 Å². The molecule has 0 aliphatic rings. The average Bonchev–Trinajstić information content (AvgIpc) is 3.38. The van der Waals surface area contributed by atoms with Gasteiger partial charge in [-0.1, -0.05) is 17.4 Å². The van der Waals surface area contributed by atoms with Crippen molar-refractivity contribution in [1.29, 1.82) is 0 Å². The zero-order valence-electron chi connectivity index (χ0n) is 20.6. The molecule has 3 aromatic carbocycles. The van der Waals surface area contributed by atoms with Crippen LogP contribution in [0, 0.1) is 11.6 Å². The van der Waals surface area contributed by atoms with Crippen molar-refractivity contribution in [2.45, 2.75) is 6.61 Å². The van der Waals surface area contributed by atoms with Gasteiger partial charge in [-0.25, -0.2) is 13.5 Å². The highest BCUT2D eigenvalue weighted by Crippen LogP contribution is 2.34. The van der Waals surface area contributed by atoms with Crippen LogP contribution in [0.2, 0.25) is 0 Å². The van der Waals surface area contributed by atoms with Gasteiger partial charge >= 0.3 is 0 Å². The number of aromatic hydroxyl groups is 1. The molecule has 0 atom stereocenters. The highest BCUT2D eigenvalue weighted by atomic mass is 19.1. The minimum Gasteiger partial charge on any atom is -0.507 e. The molecular weight excluding hydrogens is 500 g/mol. The number of phenols is 1. The molecule has 0 saturated heterocycles. The molecule has 1 N–H and O–H groups in total. The van der Waals surface area contributed by atoms with Crippen LogP contribution in [0.3, 0.4) is 0 Å². The van der Waals surface area contributed by atoms with E-state index >= 15 is 0 Å². The summed E-state index contributed by atoms with van der Waals surface area (Å²) < 4.78 is 49.8. The van der Waals surface area contributed by atoms with Crippen LogP contribution in [0.5, 0.6) is 28.7 Å². The summed E-state index contributed by atoms with van der Waals surface area (Å²) in [6, 6.07) is 11.0. The maximum atomic E-state index is 14.0. The van der Waals surface area contributed by atoms with Crippen molar-refractivity contribution < 1.29 is 37.6 Å². The summed E-state index contributed by atoms with van der Waals surface area (Å²) in [6.07, 6.45) is 4.32. The van der Waals surface area contributed by atoms with Gasteiger partial charge in [0.05, 0.1) is 27.5 Å². The summed E-state index contributed by atoms with van der Waals surface area (Å²) in [5.41, 5.74) is 1.09. The van der Waals surface area contributed by atoms with Gasteiger partial charge in [0.2, 0.25) is 0 Å². The Morgan fingerprint density at radius 1 is 0.974 bits per heavy atom. The average molecular weight is 523 g/mol. The maximum absolute atomic E-state index is 14.0. The number of benzene rings is 3. The standard InChI is InChI=1S/C27H23F2N3O6/c1-35-19-12-23(34)27(26(13-19)37-3)22(33)8-4-16-5-9-24(25(10-16)36-2)38-15-18-14-32(31-30-18)21-7-6-17(28)11-20(21)29/h4-14,34H,15H2,1-3H3/b8-4+. The molecule has 0 aliphatic heterocycles. The van der Waals surface area contributed by atoms with Crippen LogP contribution in [-0.4, -0.2) is 47.2 Å². The molecule has 1 aromatic heterocycles. The molecule has 9 nitrogen and oxygen atoms in total. The molecule has 196 valence electrons. The van der Waals surface area contributed by atoms with Gasteiger partial charge in [0.15, 0.2) is 23.1 Å². The van der Waals surface area contributed by atoms with E-state index in [2.05, 4.69) is 10.3 Å². The lowest BCUT2D eigenvalue weighted by Gasteiger charge is -2.11. The van der Waals surface area contributed by atoms with E-state index in [9.17, 15) is 18.7 Å². The molecule has 0 bridgehead atoms. The highest BCUT2D eigenvalue weighted by molar-refractivity contribution is 6.10. The maximum Gasteiger partial charge on any atom is 0.193 e. The van der Waals surface area contributed by atoms with E-state index in [1.54, 1.807) is 24.3 Å². The van der Waals surface area contributed by atoms with Gasteiger partial charge in [0.1, 0.15) is 46.6 Å². The van der Waals surface area contributed by atoms with E-state index in [1.807, 2.05) is 0 Å². The van der Waals surface area contributed by atoms with Gasteiger partial charge in [-0.05, 0) is 35.9 Å². The summed E-state index contributed by atoms with van der Waals surface area (Å²) in [4.78, 5) is 12.8. The predicted molar refractivity (Wildman–Crippen MR) is 133 cm³/mol. The normalized spacial score (nSPS) is 11.0. The van der Waals surface area contributed by atoms with Crippen molar-refractivity contribution >= 4 is 11.9 Å². The lowest BCUT2D eigenvalue weighted by molar-refractivity contribution is 0.104. The van der Waals surface area contributed by atoms with Gasteiger partial charge in [0, 0.05) is 18.2 Å². The minimum absolute atomic E-state index is 0.00336. The number of phenolic OH excluding ortho intramolecular Hbond substituents is 1. The monoisotopic (exact) mass is 523 g/mol. The molecule has 4 rings (SSSR count). The molecule has 0 spiro atoms. The molecule has 0 unspecified atom stereocenters. The first-order valence-corrected chi connectivity index (χ1v) is 11.2. The van der Waals surface area contributed by atoms with Gasteiger partial charge in [-0.3, -0.25) is 4.79 Å². The number of aromatic nitrogens is 3. The van der Waals surface area contributed by atoms with Crippen LogP contribution >= 0.6 is 0 Å². The number of ether oxygens (including phenoxy) is 4. The molecule has 38 heavy (non-hydrogen) atoms. The Hall–Kier alpha value is -4.93. The zero-order valence-corrected chi connectivity index (χ0v) is 20.6. The fraction of sp³-hybridized carbons (Fsp3) is 0.148. The first-order valence-electron chi connectivity index (χ1n) is 11.2. The Kier molecular flexibility index (Phi) is 7.86. The number of carbonyl (C=O) groups excluding carboxylic acids is 1. The Morgan fingerprint density at radius 3 is 2.47 bits per heavy atom. The molecular formula is C27H23F2N3O6. The number of hydrogen-bond donors (Lipinski definition) is 1. The van der Waals surface area contributed by atoms with Crippen molar-refractivity contribution in [3.63, 3.8) is 0 Å². The highest BCUT2D eigenvalue weighted by Gasteiger charge is 2.17. The fourth-order valence-electron chi connectivity index (χ4n) is 3.57. The van der Waals surface area contributed by atoms with Crippen molar-refractivity contribution in [3.05, 3.63) is 89.3 Å². The Morgan fingerprint density at radius 2 is 1.76 bits per heavy atom. The van der Waals surface area contributed by atoms with E-state index in [1.165, 1.54) is 56.5 Å². The van der Waals surface area contributed by atoms with Gasteiger partial charge in [-0.2, -0.15) is 0 Å². The smallest absolute Gasteiger partial charge is 0.193 e. The summed E-state index contributed by atoms with van der Waals surface area (Å²) in [7, 11) is 4.30. The SMILES string of the molecule is COc1cc(O)c(C(=O)/C=C/c2ccc(OCc3cn(-c4ccc(F)cc4F)nn3)c(OC)c2)c(OC)c1. The van der Waals surface area contributed by atoms with E-state index in [4.69, 9.17) is 18.9 Å². The van der Waals surface area contributed by atoms with Crippen LogP contribution in [0.4, 0.5) is 8.78 Å². The largest absolute Gasteiger partial charge is 0.507 e. The lowest BCUT2D eigenvalue weighted by atomic mass is 10.1. The fourth-order valence-corrected chi connectivity index (χ4v) is 3.57. The number of rotatable bonds is 10. The number of ketones is 1. The number of hydrogen-bond acceptors (Lipinski definition) is 8. The molecule has 0 fully saturated rings. The number of halogens is 2. The number of carbonyl (C=O) groups is 1. The quantitative estimate of drug-likeness (QED) is 0.235. The summed E-state index contributed by atoms with van der Waals surface area (Å²) >= 11 is 0. The molecule has 0 saturated carbocycles. The topological polar surface area (TPSA) is 105 Å². The Bertz CT molecular complexity index is 1500. The van der Waals surface area contributed by atoms with E-state index < -0.39 is 17.4 Å². The molecule has 0 radical (unpaired) electrons. The van der Waals surface area contributed by atoms with Gasteiger partial charge in [-0.15, -0.1) is 5.10 Å². The summed E-state index contributed by atoms with van der Waals surface area (Å²) in [5, 5.41) is 18.1. The molecule has 11 heteroatoms. The third-order valence-corrected chi connectivity index (χ3v) is 5.44. The van der Waals surface area contributed by atoms with Crippen molar-refractivity contribution in [3.8, 4) is 34.4 Å². The number of nitrogens with zero attached hydrogens (tertiary/aromatic N) is 3. The van der Waals surface area contributed by atoms with Crippen LogP contribution in [-0.2, 0) is 6.61 Å². The van der Waals surface area contributed by atoms with Crippen LogP contribution in [0.15, 0.2) is 60.8 Å². The Balaban J connectivity index is 1.46. The first-order chi connectivity index (χ1) is 18.3. The zero-order chi connectivity index (χ0) is 27.2. The van der Waals surface area contributed by atoms with Crippen molar-refractivity contribution in [1.82, 2.24) is 15.0 Å². The van der Waals surface area contributed by atoms with Crippen LogP contribution < -0.4 is 18.9 Å². The van der Waals surface area contributed by atoms with Gasteiger partial charge < -0.3 is 24.1 Å². The van der Waals surface area contributed by atoms with E-state index in [0.717, 1.165) is 12.1 Å². The number of allylic oxidation sites excluding steroid dienone is 1. The van der Waals surface area contributed by atoms with E-state index in [-0.39, 0.29) is 29.4 Å². The van der Waals surface area contributed by atoms with Crippen LogP contribution in [0.25, 0.3) is 11.8 Å². The molecule has 0 amide bonds. The summed E-state index contributed by atoms with van der Waals surface area (Å²) in [5.74, 6) is -0.884. The second-order valence-corrected chi connectivity index (χ2v) is 7.87.